The fraction of sp³-hybridized carbons (Fsp3) is 0.545. The lowest BCUT2D eigenvalue weighted by Gasteiger charge is -2.09. The van der Waals surface area contributed by atoms with Gasteiger partial charge in [-0.05, 0) is 5.92 Å². The molecule has 6 nitrogen and oxygen atoms in total. The van der Waals surface area contributed by atoms with Gasteiger partial charge in [-0.15, -0.1) is 0 Å². The van der Waals surface area contributed by atoms with Crippen LogP contribution in [0.2, 0.25) is 0 Å². The Morgan fingerprint density at radius 2 is 2.41 bits per heavy atom. The van der Waals surface area contributed by atoms with E-state index in [0.29, 0.717) is 17.8 Å². The molecule has 1 heterocycles. The minimum Gasteiger partial charge on any atom is -0.394 e. The van der Waals surface area contributed by atoms with E-state index < -0.39 is 0 Å². The molecule has 1 aromatic heterocycles. The summed E-state index contributed by atoms with van der Waals surface area (Å²) < 4.78 is 1.41. The predicted molar refractivity (Wildman–Crippen MR) is 62.1 cm³/mol. The first-order valence-electron chi connectivity index (χ1n) is 5.45. The summed E-state index contributed by atoms with van der Waals surface area (Å²) in [5, 5.41) is 24.3. The SMILES string of the molecule is CC(C)CC(=O)Nc1c(C#N)cnn1CCO. The second-order valence-electron chi connectivity index (χ2n) is 4.11. The van der Waals surface area contributed by atoms with Crippen LogP contribution in [0.5, 0.6) is 0 Å². The molecule has 0 atom stereocenters. The van der Waals surface area contributed by atoms with E-state index in [2.05, 4.69) is 10.4 Å². The van der Waals surface area contributed by atoms with E-state index in [1.807, 2.05) is 19.9 Å². The van der Waals surface area contributed by atoms with Crippen LogP contribution in [0.3, 0.4) is 0 Å². The summed E-state index contributed by atoms with van der Waals surface area (Å²) in [6, 6.07) is 1.95. The van der Waals surface area contributed by atoms with Gasteiger partial charge in [-0.25, -0.2) is 4.68 Å². The summed E-state index contributed by atoms with van der Waals surface area (Å²) in [5.41, 5.74) is 0.301. The monoisotopic (exact) mass is 236 g/mol. The van der Waals surface area contributed by atoms with Crippen molar-refractivity contribution < 1.29 is 9.90 Å². The van der Waals surface area contributed by atoms with Gasteiger partial charge in [-0.2, -0.15) is 10.4 Å². The number of amides is 1. The number of aliphatic hydroxyl groups is 1. The second-order valence-corrected chi connectivity index (χ2v) is 4.11. The molecule has 0 bridgehead atoms. The molecule has 0 saturated carbocycles. The molecule has 17 heavy (non-hydrogen) atoms. The van der Waals surface area contributed by atoms with Crippen LogP contribution in [0, 0.1) is 17.2 Å². The average Bonchev–Trinajstić information content (AvgIpc) is 2.60. The number of anilines is 1. The molecule has 0 aliphatic rings. The number of hydrogen-bond donors (Lipinski definition) is 2. The standard InChI is InChI=1S/C11H16N4O2/c1-8(2)5-10(17)14-11-9(6-12)7-13-15(11)3-4-16/h7-8,16H,3-5H2,1-2H3,(H,14,17). The van der Waals surface area contributed by atoms with Crippen LogP contribution in [0.25, 0.3) is 0 Å². The lowest BCUT2D eigenvalue weighted by Crippen LogP contribution is -2.18. The van der Waals surface area contributed by atoms with Gasteiger partial charge >= 0.3 is 0 Å². The summed E-state index contributed by atoms with van der Waals surface area (Å²) >= 11 is 0. The third kappa shape index (κ3) is 3.57. The highest BCUT2D eigenvalue weighted by molar-refractivity contribution is 5.91. The van der Waals surface area contributed by atoms with Crippen molar-refractivity contribution in [2.45, 2.75) is 26.8 Å². The Labute approximate surface area is 99.9 Å². The number of nitriles is 1. The highest BCUT2D eigenvalue weighted by atomic mass is 16.3. The number of carbonyl (C=O) groups is 1. The van der Waals surface area contributed by atoms with E-state index in [0.717, 1.165) is 0 Å². The van der Waals surface area contributed by atoms with Crippen LogP contribution in [0.15, 0.2) is 6.20 Å². The predicted octanol–water partition coefficient (Wildman–Crippen LogP) is 0.732. The number of aliphatic hydroxyl groups excluding tert-OH is 1. The highest BCUT2D eigenvalue weighted by Crippen LogP contribution is 2.15. The van der Waals surface area contributed by atoms with Crippen molar-refractivity contribution >= 4 is 11.7 Å². The zero-order chi connectivity index (χ0) is 12.8. The quantitative estimate of drug-likeness (QED) is 0.788. The molecule has 2 N–H and O–H groups in total. The number of carbonyl (C=O) groups excluding carboxylic acids is 1. The lowest BCUT2D eigenvalue weighted by molar-refractivity contribution is -0.116. The van der Waals surface area contributed by atoms with E-state index in [1.165, 1.54) is 10.9 Å². The Hall–Kier alpha value is -1.87. The molecule has 0 radical (unpaired) electrons. The van der Waals surface area contributed by atoms with Crippen LogP contribution >= 0.6 is 0 Å². The average molecular weight is 236 g/mol. The van der Waals surface area contributed by atoms with Gasteiger partial charge in [-0.1, -0.05) is 13.8 Å². The summed E-state index contributed by atoms with van der Waals surface area (Å²) in [5.74, 6) is 0.443. The summed E-state index contributed by atoms with van der Waals surface area (Å²) in [4.78, 5) is 11.6. The fourth-order valence-corrected chi connectivity index (χ4v) is 1.42. The molecule has 1 rings (SSSR count). The van der Waals surface area contributed by atoms with Crippen LogP contribution < -0.4 is 5.32 Å². The minimum absolute atomic E-state index is 0.0976. The van der Waals surface area contributed by atoms with Crippen molar-refractivity contribution in [3.05, 3.63) is 11.8 Å². The molecule has 92 valence electrons. The van der Waals surface area contributed by atoms with E-state index in [4.69, 9.17) is 10.4 Å². The molecular formula is C11H16N4O2. The third-order valence-electron chi connectivity index (χ3n) is 2.12. The van der Waals surface area contributed by atoms with E-state index in [1.54, 1.807) is 0 Å². The minimum atomic E-state index is -0.156. The molecule has 0 aliphatic heterocycles. The molecule has 0 spiro atoms. The number of nitrogens with one attached hydrogen (secondary N) is 1. The van der Waals surface area contributed by atoms with Gasteiger partial charge < -0.3 is 10.4 Å². The molecule has 6 heteroatoms. The first-order chi connectivity index (χ1) is 8.08. The maximum Gasteiger partial charge on any atom is 0.225 e. The molecule has 0 unspecified atom stereocenters. The number of nitrogens with zero attached hydrogens (tertiary/aromatic N) is 3. The van der Waals surface area contributed by atoms with Crippen molar-refractivity contribution in [1.29, 1.82) is 5.26 Å². The van der Waals surface area contributed by atoms with Crippen molar-refractivity contribution in [1.82, 2.24) is 9.78 Å². The lowest BCUT2D eigenvalue weighted by atomic mass is 10.1. The zero-order valence-corrected chi connectivity index (χ0v) is 9.97. The van der Waals surface area contributed by atoms with Gasteiger partial charge in [0.05, 0.1) is 19.3 Å². The third-order valence-corrected chi connectivity index (χ3v) is 2.12. The van der Waals surface area contributed by atoms with Gasteiger partial charge in [0.15, 0.2) is 0 Å². The van der Waals surface area contributed by atoms with Crippen molar-refractivity contribution in [3.63, 3.8) is 0 Å². The molecule has 1 aromatic rings. The second kappa shape index (κ2) is 6.01. The number of aromatic nitrogens is 2. The largest absolute Gasteiger partial charge is 0.394 e. The van der Waals surface area contributed by atoms with Crippen LogP contribution in [-0.4, -0.2) is 27.4 Å². The Morgan fingerprint density at radius 1 is 1.71 bits per heavy atom. The molecule has 0 saturated heterocycles. The molecule has 0 aliphatic carbocycles. The van der Waals surface area contributed by atoms with Crippen molar-refractivity contribution in [3.8, 4) is 6.07 Å². The number of hydrogen-bond acceptors (Lipinski definition) is 4. The van der Waals surface area contributed by atoms with Crippen LogP contribution in [0.1, 0.15) is 25.8 Å². The Morgan fingerprint density at radius 3 is 2.94 bits per heavy atom. The van der Waals surface area contributed by atoms with Crippen molar-refractivity contribution in [2.75, 3.05) is 11.9 Å². The fourth-order valence-electron chi connectivity index (χ4n) is 1.42. The van der Waals surface area contributed by atoms with Crippen molar-refractivity contribution in [2.24, 2.45) is 5.92 Å². The van der Waals surface area contributed by atoms with E-state index in [9.17, 15) is 4.79 Å². The molecular weight excluding hydrogens is 220 g/mol. The molecule has 0 fully saturated rings. The Kier molecular flexibility index (Phi) is 4.67. The maximum absolute atomic E-state index is 11.6. The van der Waals surface area contributed by atoms with Crippen LogP contribution in [-0.2, 0) is 11.3 Å². The smallest absolute Gasteiger partial charge is 0.225 e. The van der Waals surface area contributed by atoms with Gasteiger partial charge in [0.2, 0.25) is 5.91 Å². The van der Waals surface area contributed by atoms with Gasteiger partial charge in [0.25, 0.3) is 0 Å². The normalized spacial score (nSPS) is 10.3. The first-order valence-corrected chi connectivity index (χ1v) is 5.45. The van der Waals surface area contributed by atoms with E-state index >= 15 is 0 Å². The molecule has 1 amide bonds. The topological polar surface area (TPSA) is 90.9 Å². The van der Waals surface area contributed by atoms with Gasteiger partial charge in [0, 0.05) is 6.42 Å². The first kappa shape index (κ1) is 13.2. The summed E-state index contributed by atoms with van der Waals surface area (Å²) in [7, 11) is 0. The Balaban J connectivity index is 2.84. The summed E-state index contributed by atoms with van der Waals surface area (Å²) in [6.45, 7) is 4.03. The van der Waals surface area contributed by atoms with Crippen LogP contribution in [0.4, 0.5) is 5.82 Å². The van der Waals surface area contributed by atoms with E-state index in [-0.39, 0.29) is 25.0 Å². The van der Waals surface area contributed by atoms with Gasteiger partial charge in [0.1, 0.15) is 17.5 Å². The maximum atomic E-state index is 11.6. The summed E-state index contributed by atoms with van der Waals surface area (Å²) in [6.07, 6.45) is 1.76. The van der Waals surface area contributed by atoms with Gasteiger partial charge in [-0.3, -0.25) is 4.79 Å². The number of rotatable bonds is 5. The highest BCUT2D eigenvalue weighted by Gasteiger charge is 2.14. The molecule has 0 aromatic carbocycles. The zero-order valence-electron chi connectivity index (χ0n) is 9.97. The Bertz CT molecular complexity index is 431.